The van der Waals surface area contributed by atoms with Gasteiger partial charge in [0.15, 0.2) is 5.78 Å². The van der Waals surface area contributed by atoms with E-state index in [1.165, 1.54) is 0 Å². The Bertz CT molecular complexity index is 792. The van der Waals surface area contributed by atoms with Crippen molar-refractivity contribution in [2.24, 2.45) is 23.2 Å². The van der Waals surface area contributed by atoms with Gasteiger partial charge in [0.2, 0.25) is 0 Å². The lowest BCUT2D eigenvalue weighted by atomic mass is 9.75. The van der Waals surface area contributed by atoms with Gasteiger partial charge in [0, 0.05) is 12.3 Å². The van der Waals surface area contributed by atoms with Crippen LogP contribution in [0.25, 0.3) is 0 Å². The predicted octanol–water partition coefficient (Wildman–Crippen LogP) is 3.43. The van der Waals surface area contributed by atoms with E-state index in [4.69, 9.17) is 4.74 Å². The van der Waals surface area contributed by atoms with Crippen LogP contribution in [0.3, 0.4) is 0 Å². The average molecular weight is 354 g/mol. The summed E-state index contributed by atoms with van der Waals surface area (Å²) in [6.45, 7) is 6.29. The van der Waals surface area contributed by atoms with Gasteiger partial charge in [-0.3, -0.25) is 9.59 Å². The minimum atomic E-state index is -1.10. The van der Waals surface area contributed by atoms with Gasteiger partial charge in [-0.15, -0.1) is 0 Å². The molecule has 0 heterocycles. The second-order valence-corrected chi connectivity index (χ2v) is 8.87. The van der Waals surface area contributed by atoms with Crippen LogP contribution in [0.15, 0.2) is 41.5 Å². The number of allylic oxidation sites excluding steroid dienone is 1. The van der Waals surface area contributed by atoms with Crippen LogP contribution in [0.5, 0.6) is 0 Å². The van der Waals surface area contributed by atoms with Crippen LogP contribution < -0.4 is 0 Å². The monoisotopic (exact) mass is 354 g/mol. The number of hydrogen-bond donors (Lipinski definition) is 1. The van der Waals surface area contributed by atoms with Crippen molar-refractivity contribution in [3.8, 4) is 0 Å². The van der Waals surface area contributed by atoms with E-state index in [9.17, 15) is 14.7 Å². The van der Waals surface area contributed by atoms with Gasteiger partial charge in [-0.1, -0.05) is 49.8 Å². The molecule has 0 aliphatic heterocycles. The summed E-state index contributed by atoms with van der Waals surface area (Å²) in [5.74, 6) is -0.719. The van der Waals surface area contributed by atoms with Gasteiger partial charge >= 0.3 is 5.97 Å². The largest absolute Gasteiger partial charge is 0.461 e. The van der Waals surface area contributed by atoms with Crippen LogP contribution >= 0.6 is 0 Å². The third kappa shape index (κ3) is 2.46. The topological polar surface area (TPSA) is 63.6 Å². The van der Waals surface area contributed by atoms with Crippen molar-refractivity contribution in [1.29, 1.82) is 0 Å². The number of carbonyl (C=O) groups is 2. The molecule has 0 radical (unpaired) electrons. The first-order valence-corrected chi connectivity index (χ1v) is 9.41. The number of aliphatic hydroxyl groups is 1. The van der Waals surface area contributed by atoms with Crippen LogP contribution in [0.4, 0.5) is 0 Å². The Labute approximate surface area is 154 Å². The lowest BCUT2D eigenvalue weighted by Crippen LogP contribution is -2.42. The molecule has 4 rings (SSSR count). The van der Waals surface area contributed by atoms with Crippen molar-refractivity contribution in [3.63, 3.8) is 0 Å². The van der Waals surface area contributed by atoms with Crippen LogP contribution in [0.2, 0.25) is 0 Å². The van der Waals surface area contributed by atoms with Crippen molar-refractivity contribution in [2.45, 2.75) is 52.2 Å². The van der Waals surface area contributed by atoms with E-state index in [-0.39, 0.29) is 35.6 Å². The van der Waals surface area contributed by atoms with Crippen LogP contribution in [0.1, 0.15) is 45.6 Å². The van der Waals surface area contributed by atoms with Crippen molar-refractivity contribution in [1.82, 2.24) is 0 Å². The molecule has 4 heteroatoms. The van der Waals surface area contributed by atoms with E-state index in [2.05, 4.69) is 13.8 Å². The van der Waals surface area contributed by atoms with Crippen LogP contribution in [-0.2, 0) is 20.9 Å². The average Bonchev–Trinajstić information content (AvgIpc) is 3.11. The van der Waals surface area contributed by atoms with Gasteiger partial charge in [-0.25, -0.2) is 0 Å². The molecule has 1 aromatic carbocycles. The number of ketones is 1. The molecule has 1 aromatic rings. The predicted molar refractivity (Wildman–Crippen MR) is 97.0 cm³/mol. The Morgan fingerprint density at radius 2 is 1.92 bits per heavy atom. The van der Waals surface area contributed by atoms with E-state index in [1.54, 1.807) is 0 Å². The van der Waals surface area contributed by atoms with E-state index >= 15 is 0 Å². The Hall–Kier alpha value is -1.94. The fourth-order valence-electron chi connectivity index (χ4n) is 5.75. The normalized spacial score (nSPS) is 34.8. The molecular weight excluding hydrogens is 328 g/mol. The molecule has 0 bridgehead atoms. The number of ether oxygens (including phenoxy) is 1. The lowest BCUT2D eigenvalue weighted by molar-refractivity contribution is -0.159. The van der Waals surface area contributed by atoms with Gasteiger partial charge in [-0.05, 0) is 42.2 Å². The third-order valence-corrected chi connectivity index (χ3v) is 6.73. The summed E-state index contributed by atoms with van der Waals surface area (Å²) in [4.78, 5) is 25.0. The maximum absolute atomic E-state index is 12.9. The molecule has 0 spiro atoms. The first-order chi connectivity index (χ1) is 12.2. The molecule has 3 aliphatic rings. The highest BCUT2D eigenvalue weighted by molar-refractivity contribution is 5.99. The molecule has 4 nitrogen and oxygen atoms in total. The maximum atomic E-state index is 12.9. The van der Waals surface area contributed by atoms with E-state index < -0.39 is 11.5 Å². The zero-order chi connectivity index (χ0) is 18.7. The quantitative estimate of drug-likeness (QED) is 0.845. The fraction of sp³-hybridized carbons (Fsp3) is 0.545. The molecule has 2 saturated carbocycles. The molecule has 0 aromatic heterocycles. The fourth-order valence-corrected chi connectivity index (χ4v) is 5.75. The first-order valence-electron chi connectivity index (χ1n) is 9.41. The maximum Gasteiger partial charge on any atom is 0.312 e. The SMILES string of the molecule is CC1=C2[C@@H](CC1=O)C[C@]1(O)[C@H](C(=O)OCc3ccccc3)CC(C)(C)[C@H]21. The smallest absolute Gasteiger partial charge is 0.312 e. The highest BCUT2D eigenvalue weighted by Crippen LogP contribution is 2.66. The molecule has 2 fully saturated rings. The van der Waals surface area contributed by atoms with Crippen molar-refractivity contribution < 1.29 is 19.4 Å². The molecule has 0 amide bonds. The molecule has 0 saturated heterocycles. The zero-order valence-corrected chi connectivity index (χ0v) is 15.6. The summed E-state index contributed by atoms with van der Waals surface area (Å²) in [6, 6.07) is 9.59. The van der Waals surface area contributed by atoms with E-state index in [0.29, 0.717) is 19.3 Å². The Morgan fingerprint density at radius 3 is 2.62 bits per heavy atom. The lowest BCUT2D eigenvalue weighted by Gasteiger charge is -2.33. The van der Waals surface area contributed by atoms with E-state index in [0.717, 1.165) is 16.7 Å². The molecule has 26 heavy (non-hydrogen) atoms. The summed E-state index contributed by atoms with van der Waals surface area (Å²) < 4.78 is 5.57. The summed E-state index contributed by atoms with van der Waals surface area (Å²) in [5, 5.41) is 11.6. The molecule has 3 aliphatic carbocycles. The number of Topliss-reactive ketones (excluding diaryl/α,β-unsaturated/α-hetero) is 1. The molecular formula is C22H26O4. The highest BCUT2D eigenvalue weighted by Gasteiger charge is 2.67. The number of esters is 1. The third-order valence-electron chi connectivity index (χ3n) is 6.73. The van der Waals surface area contributed by atoms with E-state index in [1.807, 2.05) is 37.3 Å². The number of benzene rings is 1. The Balaban J connectivity index is 1.59. The van der Waals surface area contributed by atoms with Crippen molar-refractivity contribution in [2.75, 3.05) is 0 Å². The summed E-state index contributed by atoms with van der Waals surface area (Å²) in [7, 11) is 0. The molecule has 1 N–H and O–H groups in total. The number of carbonyl (C=O) groups excluding carboxylic acids is 2. The molecule has 4 atom stereocenters. The molecule has 138 valence electrons. The second kappa shape index (κ2) is 5.78. The Morgan fingerprint density at radius 1 is 1.23 bits per heavy atom. The van der Waals surface area contributed by atoms with Crippen molar-refractivity contribution in [3.05, 3.63) is 47.0 Å². The standard InChI is InChI=1S/C22H26O4/c1-13-17(23)9-15-10-22(25)16(11-21(2,3)19(22)18(13)15)20(24)26-12-14-7-5-4-6-8-14/h4-8,15-16,19,25H,9-12H2,1-3H3/t15-,16-,19-,22-/m0/s1. The van der Waals surface area contributed by atoms with Gasteiger partial charge in [0.25, 0.3) is 0 Å². The Kier molecular flexibility index (Phi) is 3.88. The minimum Gasteiger partial charge on any atom is -0.461 e. The zero-order valence-electron chi connectivity index (χ0n) is 15.6. The van der Waals surface area contributed by atoms with Gasteiger partial charge in [0.1, 0.15) is 6.61 Å². The van der Waals surface area contributed by atoms with Crippen LogP contribution in [-0.4, -0.2) is 22.5 Å². The first kappa shape index (κ1) is 17.5. The van der Waals surface area contributed by atoms with Crippen molar-refractivity contribution >= 4 is 11.8 Å². The summed E-state index contributed by atoms with van der Waals surface area (Å²) in [6.07, 6.45) is 1.55. The van der Waals surface area contributed by atoms with Gasteiger partial charge < -0.3 is 9.84 Å². The molecule has 0 unspecified atom stereocenters. The number of fused-ring (bicyclic) bond motifs is 3. The number of rotatable bonds is 3. The minimum absolute atomic E-state index is 0.0847. The van der Waals surface area contributed by atoms with Crippen LogP contribution in [0, 0.1) is 23.2 Å². The number of hydrogen-bond acceptors (Lipinski definition) is 4. The van der Waals surface area contributed by atoms with Gasteiger partial charge in [-0.2, -0.15) is 0 Å². The van der Waals surface area contributed by atoms with Gasteiger partial charge in [0.05, 0.1) is 11.5 Å². The summed E-state index contributed by atoms with van der Waals surface area (Å²) in [5.41, 5.74) is 1.51. The highest BCUT2D eigenvalue weighted by atomic mass is 16.5. The second-order valence-electron chi connectivity index (χ2n) is 8.87. The summed E-state index contributed by atoms with van der Waals surface area (Å²) >= 11 is 0.